The van der Waals surface area contributed by atoms with Crippen molar-refractivity contribution in [3.63, 3.8) is 0 Å². The van der Waals surface area contributed by atoms with E-state index < -0.39 is 6.04 Å². The van der Waals surface area contributed by atoms with Crippen LogP contribution in [0.3, 0.4) is 0 Å². The van der Waals surface area contributed by atoms with Gasteiger partial charge in [-0.05, 0) is 11.7 Å². The van der Waals surface area contributed by atoms with Crippen LogP contribution in [0.4, 0.5) is 0 Å². The number of nitrogens with one attached hydrogen (secondary N) is 1. The standard InChI is InChI=1S/C10H22N2OS/c1-7(14-5)6-12-9(13)8(11)10(2,3)4/h7-8H,6,11H2,1-5H3,(H,12,13)/t7?,8-/m1/s1. The van der Waals surface area contributed by atoms with Gasteiger partial charge in [-0.1, -0.05) is 27.7 Å². The van der Waals surface area contributed by atoms with Crippen LogP contribution >= 0.6 is 11.8 Å². The Labute approximate surface area is 91.2 Å². The molecule has 0 saturated carbocycles. The Morgan fingerprint density at radius 1 is 1.50 bits per heavy atom. The number of carbonyl (C=O) groups is 1. The molecule has 3 N–H and O–H groups in total. The maximum Gasteiger partial charge on any atom is 0.237 e. The van der Waals surface area contributed by atoms with Gasteiger partial charge in [0.15, 0.2) is 0 Å². The molecule has 0 spiro atoms. The first-order valence-electron chi connectivity index (χ1n) is 4.85. The number of hydrogen-bond donors (Lipinski definition) is 2. The van der Waals surface area contributed by atoms with Gasteiger partial charge in [0.1, 0.15) is 0 Å². The Hall–Kier alpha value is -0.220. The van der Waals surface area contributed by atoms with E-state index in [4.69, 9.17) is 5.73 Å². The van der Waals surface area contributed by atoms with E-state index in [0.717, 1.165) is 0 Å². The summed E-state index contributed by atoms with van der Waals surface area (Å²) >= 11 is 1.73. The predicted molar refractivity (Wildman–Crippen MR) is 63.4 cm³/mol. The molecule has 1 amide bonds. The van der Waals surface area contributed by atoms with Crippen LogP contribution in [0, 0.1) is 5.41 Å². The number of hydrogen-bond acceptors (Lipinski definition) is 3. The van der Waals surface area contributed by atoms with Gasteiger partial charge in [-0.3, -0.25) is 4.79 Å². The summed E-state index contributed by atoms with van der Waals surface area (Å²) < 4.78 is 0. The maximum absolute atomic E-state index is 11.6. The minimum Gasteiger partial charge on any atom is -0.354 e. The van der Waals surface area contributed by atoms with Crippen molar-refractivity contribution < 1.29 is 4.79 Å². The summed E-state index contributed by atoms with van der Waals surface area (Å²) in [6.07, 6.45) is 2.03. The Balaban J connectivity index is 3.97. The van der Waals surface area contributed by atoms with Crippen molar-refractivity contribution in [1.29, 1.82) is 0 Å². The molecule has 0 heterocycles. The number of carbonyl (C=O) groups excluding carboxylic acids is 1. The quantitative estimate of drug-likeness (QED) is 0.746. The van der Waals surface area contributed by atoms with Crippen molar-refractivity contribution in [3.05, 3.63) is 0 Å². The molecular weight excluding hydrogens is 196 g/mol. The van der Waals surface area contributed by atoms with E-state index in [1.165, 1.54) is 0 Å². The molecule has 2 atom stereocenters. The third kappa shape index (κ3) is 4.86. The van der Waals surface area contributed by atoms with Crippen molar-refractivity contribution in [2.45, 2.75) is 39.0 Å². The molecule has 0 rings (SSSR count). The van der Waals surface area contributed by atoms with Crippen LogP contribution in [-0.4, -0.2) is 30.0 Å². The average molecular weight is 218 g/mol. The minimum absolute atomic E-state index is 0.0570. The zero-order chi connectivity index (χ0) is 11.4. The zero-order valence-electron chi connectivity index (χ0n) is 9.76. The highest BCUT2D eigenvalue weighted by Crippen LogP contribution is 2.17. The van der Waals surface area contributed by atoms with E-state index in [2.05, 4.69) is 12.2 Å². The van der Waals surface area contributed by atoms with E-state index >= 15 is 0 Å². The Morgan fingerprint density at radius 3 is 2.36 bits per heavy atom. The van der Waals surface area contributed by atoms with Gasteiger partial charge in [-0.25, -0.2) is 0 Å². The van der Waals surface area contributed by atoms with Crippen molar-refractivity contribution >= 4 is 17.7 Å². The molecule has 0 fully saturated rings. The van der Waals surface area contributed by atoms with Crippen LogP contribution in [0.15, 0.2) is 0 Å². The summed E-state index contributed by atoms with van der Waals surface area (Å²) in [4.78, 5) is 11.6. The topological polar surface area (TPSA) is 55.1 Å². The second kappa shape index (κ2) is 5.61. The Kier molecular flexibility index (Phi) is 5.52. The molecule has 84 valence electrons. The Morgan fingerprint density at radius 2 is 2.00 bits per heavy atom. The van der Waals surface area contributed by atoms with Gasteiger partial charge in [-0.2, -0.15) is 11.8 Å². The van der Waals surface area contributed by atoms with E-state index in [1.807, 2.05) is 27.0 Å². The number of thioether (sulfide) groups is 1. The lowest BCUT2D eigenvalue weighted by Gasteiger charge is -2.26. The third-order valence-corrected chi connectivity index (χ3v) is 3.15. The molecule has 0 aromatic carbocycles. The van der Waals surface area contributed by atoms with Crippen LogP contribution < -0.4 is 11.1 Å². The van der Waals surface area contributed by atoms with Crippen molar-refractivity contribution in [1.82, 2.24) is 5.32 Å². The molecule has 0 aromatic rings. The molecular formula is C10H22N2OS. The largest absolute Gasteiger partial charge is 0.354 e. The number of rotatable bonds is 4. The summed E-state index contributed by atoms with van der Waals surface area (Å²) in [6.45, 7) is 8.66. The van der Waals surface area contributed by atoms with Crippen molar-refractivity contribution in [2.24, 2.45) is 11.1 Å². The molecule has 0 radical (unpaired) electrons. The highest BCUT2D eigenvalue weighted by molar-refractivity contribution is 7.99. The van der Waals surface area contributed by atoms with Crippen molar-refractivity contribution in [2.75, 3.05) is 12.8 Å². The SMILES string of the molecule is CSC(C)CNC(=O)[C@@H](N)C(C)(C)C. The molecule has 0 aromatic heterocycles. The minimum atomic E-state index is -0.434. The summed E-state index contributed by atoms with van der Waals surface area (Å²) in [7, 11) is 0. The van der Waals surface area contributed by atoms with E-state index in [0.29, 0.717) is 11.8 Å². The number of amides is 1. The lowest BCUT2D eigenvalue weighted by molar-refractivity contribution is -0.124. The molecule has 0 aliphatic heterocycles. The third-order valence-electron chi connectivity index (χ3n) is 2.18. The van der Waals surface area contributed by atoms with E-state index in [1.54, 1.807) is 11.8 Å². The summed E-state index contributed by atoms with van der Waals surface area (Å²) in [5.41, 5.74) is 5.63. The molecule has 0 aliphatic rings. The molecule has 1 unspecified atom stereocenters. The summed E-state index contributed by atoms with van der Waals surface area (Å²) in [6, 6.07) is -0.434. The zero-order valence-corrected chi connectivity index (χ0v) is 10.6. The van der Waals surface area contributed by atoms with Crippen LogP contribution in [0.5, 0.6) is 0 Å². The Bertz CT molecular complexity index is 189. The lowest BCUT2D eigenvalue weighted by atomic mass is 9.87. The van der Waals surface area contributed by atoms with Gasteiger partial charge in [0, 0.05) is 11.8 Å². The van der Waals surface area contributed by atoms with E-state index in [9.17, 15) is 4.79 Å². The van der Waals surface area contributed by atoms with E-state index in [-0.39, 0.29) is 11.3 Å². The van der Waals surface area contributed by atoms with Gasteiger partial charge in [0.25, 0.3) is 0 Å². The fraction of sp³-hybridized carbons (Fsp3) is 0.900. The van der Waals surface area contributed by atoms with Crippen molar-refractivity contribution in [3.8, 4) is 0 Å². The molecule has 0 bridgehead atoms. The van der Waals surface area contributed by atoms with Gasteiger partial charge in [0.05, 0.1) is 6.04 Å². The summed E-state index contributed by atoms with van der Waals surface area (Å²) in [5.74, 6) is -0.0570. The first-order valence-corrected chi connectivity index (χ1v) is 6.14. The highest BCUT2D eigenvalue weighted by Gasteiger charge is 2.27. The second-order valence-electron chi connectivity index (χ2n) is 4.64. The first kappa shape index (κ1) is 13.8. The second-order valence-corrected chi connectivity index (χ2v) is 5.91. The predicted octanol–water partition coefficient (Wildman–Crippen LogP) is 1.23. The van der Waals surface area contributed by atoms with Gasteiger partial charge < -0.3 is 11.1 Å². The normalized spacial score (nSPS) is 16.1. The van der Waals surface area contributed by atoms with Crippen LogP contribution in [-0.2, 0) is 4.79 Å². The van der Waals surface area contributed by atoms with Gasteiger partial charge >= 0.3 is 0 Å². The lowest BCUT2D eigenvalue weighted by Crippen LogP contribution is -2.49. The molecule has 3 nitrogen and oxygen atoms in total. The highest BCUT2D eigenvalue weighted by atomic mass is 32.2. The molecule has 4 heteroatoms. The summed E-state index contributed by atoms with van der Waals surface area (Å²) in [5, 5.41) is 3.29. The molecule has 14 heavy (non-hydrogen) atoms. The molecule has 0 aliphatic carbocycles. The maximum atomic E-state index is 11.6. The monoisotopic (exact) mass is 218 g/mol. The first-order chi connectivity index (χ1) is 6.29. The van der Waals surface area contributed by atoms with Crippen LogP contribution in [0.1, 0.15) is 27.7 Å². The van der Waals surface area contributed by atoms with Crippen LogP contribution in [0.25, 0.3) is 0 Å². The molecule has 0 saturated heterocycles. The van der Waals surface area contributed by atoms with Gasteiger partial charge in [0.2, 0.25) is 5.91 Å². The fourth-order valence-electron chi connectivity index (χ4n) is 0.831. The van der Waals surface area contributed by atoms with Crippen LogP contribution in [0.2, 0.25) is 0 Å². The smallest absolute Gasteiger partial charge is 0.237 e. The fourth-order valence-corrected chi connectivity index (χ4v) is 1.08. The van der Waals surface area contributed by atoms with Gasteiger partial charge in [-0.15, -0.1) is 0 Å². The number of nitrogens with two attached hydrogens (primary N) is 1. The average Bonchev–Trinajstić information content (AvgIpc) is 2.10.